The van der Waals surface area contributed by atoms with Crippen LogP contribution in [0.15, 0.2) is 27.6 Å². The number of carbonyl (C=O) groups excluding carboxylic acids is 1. The number of carbonyl (C=O) groups is 1. The molecule has 0 bridgehead atoms. The van der Waals surface area contributed by atoms with Gasteiger partial charge in [-0.25, -0.2) is 13.2 Å². The summed E-state index contributed by atoms with van der Waals surface area (Å²) in [6.07, 6.45) is 1.89. The van der Waals surface area contributed by atoms with Gasteiger partial charge in [0.05, 0.1) is 4.90 Å². The number of ether oxygens (including phenoxy) is 1. The lowest BCUT2D eigenvalue weighted by atomic mass is 9.99. The Bertz CT molecular complexity index is 789. The van der Waals surface area contributed by atoms with Gasteiger partial charge in [-0.15, -0.1) is 0 Å². The Labute approximate surface area is 170 Å². The Kier molecular flexibility index (Phi) is 6.97. The van der Waals surface area contributed by atoms with Crippen molar-refractivity contribution in [2.24, 2.45) is 0 Å². The van der Waals surface area contributed by atoms with Crippen LogP contribution in [0.3, 0.4) is 0 Å². The summed E-state index contributed by atoms with van der Waals surface area (Å²) < 4.78 is 34.0. The van der Waals surface area contributed by atoms with Gasteiger partial charge in [-0.1, -0.05) is 12.5 Å². The number of amides is 1. The number of halogens is 1. The lowest BCUT2D eigenvalue weighted by Gasteiger charge is -2.38. The molecule has 1 aromatic carbocycles. The first-order chi connectivity index (χ1) is 12.4. The van der Waals surface area contributed by atoms with Crippen LogP contribution in [-0.4, -0.2) is 43.0 Å². The summed E-state index contributed by atoms with van der Waals surface area (Å²) in [5, 5.41) is 2.80. The van der Waals surface area contributed by atoms with E-state index in [4.69, 9.17) is 4.74 Å². The fraction of sp³-hybridized carbons (Fsp3) is 0.632. The predicted octanol–water partition coefficient (Wildman–Crippen LogP) is 4.21. The van der Waals surface area contributed by atoms with Crippen LogP contribution < -0.4 is 5.32 Å². The minimum absolute atomic E-state index is 0.254. The maximum atomic E-state index is 13.3. The summed E-state index contributed by atoms with van der Waals surface area (Å²) in [7, 11) is -3.68. The van der Waals surface area contributed by atoms with Gasteiger partial charge in [-0.2, -0.15) is 4.31 Å². The van der Waals surface area contributed by atoms with Crippen LogP contribution >= 0.6 is 15.9 Å². The molecule has 1 aliphatic rings. The number of hydrogen-bond donors (Lipinski definition) is 1. The topological polar surface area (TPSA) is 75.7 Å². The Hall–Kier alpha value is -1.12. The van der Waals surface area contributed by atoms with Crippen molar-refractivity contribution in [1.29, 1.82) is 0 Å². The molecule has 152 valence electrons. The molecule has 1 aromatic rings. The Morgan fingerprint density at radius 2 is 2.00 bits per heavy atom. The third-order valence-corrected chi connectivity index (χ3v) is 7.40. The van der Waals surface area contributed by atoms with Crippen LogP contribution in [0.1, 0.15) is 52.5 Å². The maximum absolute atomic E-state index is 13.3. The number of piperidine rings is 1. The highest BCUT2D eigenvalue weighted by molar-refractivity contribution is 9.10. The second kappa shape index (κ2) is 8.49. The highest BCUT2D eigenvalue weighted by Gasteiger charge is 2.38. The molecule has 0 radical (unpaired) electrons. The number of aryl methyl sites for hydroxylation is 1. The van der Waals surface area contributed by atoms with Gasteiger partial charge in [-0.05, 0) is 81.1 Å². The van der Waals surface area contributed by atoms with Gasteiger partial charge < -0.3 is 10.1 Å². The molecular formula is C19H29BrN2O4S. The fourth-order valence-corrected chi connectivity index (χ4v) is 6.18. The van der Waals surface area contributed by atoms with E-state index < -0.39 is 21.7 Å². The lowest BCUT2D eigenvalue weighted by Crippen LogP contribution is -2.54. The predicted molar refractivity (Wildman–Crippen MR) is 109 cm³/mol. The third-order valence-electron chi connectivity index (χ3n) is 4.49. The number of nitrogens with one attached hydrogen (secondary N) is 1. The number of alkyl carbamates (subject to hydrolysis) is 1. The summed E-state index contributed by atoms with van der Waals surface area (Å²) in [5.41, 5.74) is 0.380. The van der Waals surface area contributed by atoms with Gasteiger partial charge in [-0.3, -0.25) is 0 Å². The number of sulfonamides is 1. The molecule has 0 saturated carbocycles. The first-order valence-corrected chi connectivity index (χ1v) is 11.4. The van der Waals surface area contributed by atoms with E-state index in [0.29, 0.717) is 17.4 Å². The van der Waals surface area contributed by atoms with Crippen molar-refractivity contribution in [2.75, 3.05) is 6.54 Å². The third kappa shape index (κ3) is 5.68. The van der Waals surface area contributed by atoms with Crippen molar-refractivity contribution in [3.8, 4) is 0 Å². The second-order valence-corrected chi connectivity index (χ2v) is 10.8. The summed E-state index contributed by atoms with van der Waals surface area (Å²) in [5.74, 6) is 0. The standard InChI is InChI=1S/C19H29BrN2O4S/c1-13-9-10-17(15(20)12-13)27(24,25)22-11-7-6-8-16(22)14(2)21-18(23)26-19(3,4)5/h9-10,12,14,16H,6-8,11H2,1-5H3,(H,21,23)/t14-,16-/m0/s1. The van der Waals surface area contributed by atoms with Crippen molar-refractivity contribution in [3.63, 3.8) is 0 Å². The van der Waals surface area contributed by atoms with Crippen molar-refractivity contribution < 1.29 is 17.9 Å². The van der Waals surface area contributed by atoms with Gasteiger partial charge in [0.1, 0.15) is 5.60 Å². The van der Waals surface area contributed by atoms with E-state index in [2.05, 4.69) is 21.2 Å². The highest BCUT2D eigenvalue weighted by Crippen LogP contribution is 2.31. The molecule has 8 heteroatoms. The van der Waals surface area contributed by atoms with Crippen LogP contribution in [0.4, 0.5) is 4.79 Å². The molecule has 1 heterocycles. The second-order valence-electron chi connectivity index (χ2n) is 8.05. The van der Waals surface area contributed by atoms with Gasteiger partial charge in [0, 0.05) is 23.1 Å². The number of nitrogens with zero attached hydrogens (tertiary/aromatic N) is 1. The van der Waals surface area contributed by atoms with Gasteiger partial charge in [0.2, 0.25) is 10.0 Å². The quantitative estimate of drug-likeness (QED) is 0.729. The van der Waals surface area contributed by atoms with E-state index in [1.165, 1.54) is 4.31 Å². The largest absolute Gasteiger partial charge is 0.444 e. The summed E-state index contributed by atoms with van der Waals surface area (Å²) in [4.78, 5) is 12.4. The molecule has 1 saturated heterocycles. The molecule has 1 fully saturated rings. The number of benzene rings is 1. The van der Waals surface area contributed by atoms with E-state index in [9.17, 15) is 13.2 Å². The SMILES string of the molecule is Cc1ccc(S(=O)(=O)N2CCCC[C@H]2[C@H](C)NC(=O)OC(C)(C)C)c(Br)c1. The number of rotatable bonds is 4. The summed E-state index contributed by atoms with van der Waals surface area (Å²) >= 11 is 3.38. The van der Waals surface area contributed by atoms with Crippen LogP contribution in [-0.2, 0) is 14.8 Å². The highest BCUT2D eigenvalue weighted by atomic mass is 79.9. The average Bonchev–Trinajstić information content (AvgIpc) is 2.52. The molecule has 1 amide bonds. The zero-order valence-corrected chi connectivity index (χ0v) is 19.0. The van der Waals surface area contributed by atoms with Crippen LogP contribution in [0, 0.1) is 6.92 Å². The van der Waals surface area contributed by atoms with Gasteiger partial charge >= 0.3 is 6.09 Å². The van der Waals surface area contributed by atoms with E-state index >= 15 is 0 Å². The number of hydrogen-bond acceptors (Lipinski definition) is 4. The summed E-state index contributed by atoms with van der Waals surface area (Å²) in [6.45, 7) is 9.56. The van der Waals surface area contributed by atoms with Crippen molar-refractivity contribution in [2.45, 2.75) is 76.5 Å². The molecule has 6 nitrogen and oxygen atoms in total. The van der Waals surface area contributed by atoms with E-state index in [1.54, 1.807) is 39.0 Å². The minimum atomic E-state index is -3.68. The first kappa shape index (κ1) is 22.2. The monoisotopic (exact) mass is 460 g/mol. The Morgan fingerprint density at radius 3 is 2.59 bits per heavy atom. The fourth-order valence-electron chi connectivity index (χ4n) is 3.26. The maximum Gasteiger partial charge on any atom is 0.407 e. The molecule has 1 N–H and O–H groups in total. The smallest absolute Gasteiger partial charge is 0.407 e. The van der Waals surface area contributed by atoms with Gasteiger partial charge in [0.15, 0.2) is 0 Å². The Balaban J connectivity index is 2.24. The van der Waals surface area contributed by atoms with E-state index in [1.807, 2.05) is 13.8 Å². The molecule has 1 aliphatic heterocycles. The molecule has 0 unspecified atom stereocenters. The average molecular weight is 461 g/mol. The van der Waals surface area contributed by atoms with Crippen LogP contribution in [0.2, 0.25) is 0 Å². The molecule has 2 rings (SSSR count). The molecule has 27 heavy (non-hydrogen) atoms. The lowest BCUT2D eigenvalue weighted by molar-refractivity contribution is 0.0478. The summed E-state index contributed by atoms with van der Waals surface area (Å²) in [6, 6.07) is 4.54. The van der Waals surface area contributed by atoms with Crippen molar-refractivity contribution >= 4 is 32.0 Å². The minimum Gasteiger partial charge on any atom is -0.444 e. The molecule has 0 aliphatic carbocycles. The van der Waals surface area contributed by atoms with E-state index in [0.717, 1.165) is 18.4 Å². The first-order valence-electron chi connectivity index (χ1n) is 9.19. The Morgan fingerprint density at radius 1 is 1.33 bits per heavy atom. The van der Waals surface area contributed by atoms with Crippen molar-refractivity contribution in [3.05, 3.63) is 28.2 Å². The zero-order valence-electron chi connectivity index (χ0n) is 16.6. The molecule has 0 spiro atoms. The molecule has 2 atom stereocenters. The molecule has 0 aromatic heterocycles. The molecular weight excluding hydrogens is 432 g/mol. The zero-order chi connectivity index (χ0) is 20.4. The van der Waals surface area contributed by atoms with E-state index in [-0.39, 0.29) is 17.0 Å². The van der Waals surface area contributed by atoms with Crippen molar-refractivity contribution in [1.82, 2.24) is 9.62 Å². The van der Waals surface area contributed by atoms with Crippen LogP contribution in [0.5, 0.6) is 0 Å². The van der Waals surface area contributed by atoms with Crippen LogP contribution in [0.25, 0.3) is 0 Å². The van der Waals surface area contributed by atoms with Gasteiger partial charge in [0.25, 0.3) is 0 Å². The normalized spacial score (nSPS) is 20.1.